The van der Waals surface area contributed by atoms with Gasteiger partial charge in [0.1, 0.15) is 4.83 Å². The van der Waals surface area contributed by atoms with Crippen LogP contribution in [-0.2, 0) is 9.53 Å². The number of nitrogens with one attached hydrogen (secondary N) is 1. The van der Waals surface area contributed by atoms with Crippen LogP contribution in [0.25, 0.3) is 21.3 Å². The smallest absolute Gasteiger partial charge is 0.316 e. The fraction of sp³-hybridized carbons (Fsp3) is 0.188. The molecule has 3 aromatic rings. The largest absolute Gasteiger partial charge is 0.468 e. The maximum atomic E-state index is 12.5. The number of aromatic nitrogens is 2. The maximum Gasteiger partial charge on any atom is 0.316 e. The molecule has 0 atom stereocenters. The first-order valence-electron chi connectivity index (χ1n) is 6.88. The van der Waals surface area contributed by atoms with Crippen LogP contribution in [0.4, 0.5) is 0 Å². The lowest BCUT2D eigenvalue weighted by atomic mass is 10.0. The summed E-state index contributed by atoms with van der Waals surface area (Å²) in [5.74, 6) is -0.244. The fourth-order valence-electron chi connectivity index (χ4n) is 2.31. The number of esters is 1. The number of benzene rings is 1. The van der Waals surface area contributed by atoms with Crippen molar-refractivity contribution in [2.24, 2.45) is 0 Å². The summed E-state index contributed by atoms with van der Waals surface area (Å²) in [5, 5.41) is 1.02. The number of aromatic amines is 1. The molecule has 2 heterocycles. The summed E-state index contributed by atoms with van der Waals surface area (Å²) >= 11 is 2.64. The van der Waals surface area contributed by atoms with Crippen molar-refractivity contribution >= 4 is 39.3 Å². The fourth-order valence-corrected chi connectivity index (χ4v) is 4.10. The first-order chi connectivity index (χ1) is 11.1. The Kier molecular flexibility index (Phi) is 4.49. The van der Waals surface area contributed by atoms with E-state index in [4.69, 9.17) is 0 Å². The van der Waals surface area contributed by atoms with Crippen molar-refractivity contribution in [2.75, 3.05) is 12.9 Å². The number of H-pyrrole nitrogens is 1. The molecule has 0 unspecified atom stereocenters. The van der Waals surface area contributed by atoms with Crippen molar-refractivity contribution in [3.63, 3.8) is 0 Å². The van der Waals surface area contributed by atoms with E-state index >= 15 is 0 Å². The van der Waals surface area contributed by atoms with Gasteiger partial charge in [0, 0.05) is 10.4 Å². The van der Waals surface area contributed by atoms with Crippen molar-refractivity contribution in [3.8, 4) is 11.1 Å². The van der Waals surface area contributed by atoms with Crippen molar-refractivity contribution in [1.82, 2.24) is 9.97 Å². The Morgan fingerprint density at radius 1 is 1.35 bits per heavy atom. The van der Waals surface area contributed by atoms with E-state index in [-0.39, 0.29) is 17.3 Å². The van der Waals surface area contributed by atoms with Crippen LogP contribution in [0.5, 0.6) is 0 Å². The molecule has 0 spiro atoms. The number of fused-ring (bicyclic) bond motifs is 1. The van der Waals surface area contributed by atoms with Gasteiger partial charge in [0.25, 0.3) is 5.56 Å². The minimum absolute atomic E-state index is 0.112. The van der Waals surface area contributed by atoms with Crippen LogP contribution in [-0.4, -0.2) is 28.8 Å². The molecule has 0 saturated carbocycles. The van der Waals surface area contributed by atoms with Crippen LogP contribution in [0.2, 0.25) is 0 Å². The summed E-state index contributed by atoms with van der Waals surface area (Å²) in [5.41, 5.74) is 1.73. The van der Waals surface area contributed by atoms with Gasteiger partial charge in [-0.25, -0.2) is 4.98 Å². The third kappa shape index (κ3) is 3.16. The number of thioether (sulfide) groups is 1. The lowest BCUT2D eigenvalue weighted by molar-refractivity contribution is -0.137. The lowest BCUT2D eigenvalue weighted by Crippen LogP contribution is -2.10. The minimum atomic E-state index is -0.356. The third-order valence-corrected chi connectivity index (χ3v) is 5.18. The van der Waals surface area contributed by atoms with E-state index in [1.54, 1.807) is 0 Å². The Labute approximate surface area is 140 Å². The molecular weight excluding hydrogens is 332 g/mol. The number of thiophene rings is 1. The molecule has 0 aliphatic carbocycles. The molecule has 0 aliphatic heterocycles. The van der Waals surface area contributed by atoms with Gasteiger partial charge in [-0.2, -0.15) is 0 Å². The van der Waals surface area contributed by atoms with Crippen LogP contribution in [0.1, 0.15) is 4.88 Å². The van der Waals surface area contributed by atoms with Crippen molar-refractivity contribution in [2.45, 2.75) is 12.1 Å². The number of carbonyl (C=O) groups is 1. The van der Waals surface area contributed by atoms with Gasteiger partial charge in [-0.15, -0.1) is 11.3 Å². The van der Waals surface area contributed by atoms with E-state index in [1.807, 2.05) is 37.3 Å². The van der Waals surface area contributed by atoms with Crippen LogP contribution in [0.15, 0.2) is 40.3 Å². The summed E-state index contributed by atoms with van der Waals surface area (Å²) in [4.78, 5) is 32.7. The van der Waals surface area contributed by atoms with Crippen molar-refractivity contribution in [1.29, 1.82) is 0 Å². The molecule has 0 fully saturated rings. The van der Waals surface area contributed by atoms with E-state index in [2.05, 4.69) is 14.7 Å². The standard InChI is InChI=1S/C16H14N2O3S2/c1-9-12(10-6-4-3-5-7-10)13-14(20)17-16(18-15(13)23-9)22-8-11(19)21-2/h3-7H,8H2,1-2H3,(H,17,18,20). The molecule has 1 aromatic carbocycles. The number of hydrogen-bond acceptors (Lipinski definition) is 6. The molecule has 0 amide bonds. The average molecular weight is 346 g/mol. The second-order valence-electron chi connectivity index (χ2n) is 4.82. The molecule has 118 valence electrons. The Bertz CT molecular complexity index is 916. The zero-order valence-electron chi connectivity index (χ0n) is 12.6. The maximum absolute atomic E-state index is 12.5. The van der Waals surface area contributed by atoms with Gasteiger partial charge >= 0.3 is 5.97 Å². The van der Waals surface area contributed by atoms with Crippen LogP contribution < -0.4 is 5.56 Å². The van der Waals surface area contributed by atoms with Crippen LogP contribution in [0, 0.1) is 6.92 Å². The molecule has 7 heteroatoms. The highest BCUT2D eigenvalue weighted by Gasteiger charge is 2.17. The zero-order valence-corrected chi connectivity index (χ0v) is 14.2. The van der Waals surface area contributed by atoms with Crippen molar-refractivity contribution < 1.29 is 9.53 Å². The number of aryl methyl sites for hydroxylation is 1. The van der Waals surface area contributed by atoms with E-state index in [0.29, 0.717) is 15.4 Å². The Morgan fingerprint density at radius 2 is 2.09 bits per heavy atom. The number of hydrogen-bond donors (Lipinski definition) is 1. The highest BCUT2D eigenvalue weighted by atomic mass is 32.2. The molecular formula is C16H14N2O3S2. The first kappa shape index (κ1) is 15.8. The number of methoxy groups -OCH3 is 1. The predicted octanol–water partition coefficient (Wildman–Crippen LogP) is 3.23. The van der Waals surface area contributed by atoms with Crippen LogP contribution >= 0.6 is 23.1 Å². The summed E-state index contributed by atoms with van der Waals surface area (Å²) in [6, 6.07) is 9.79. The Hall–Kier alpha value is -2.12. The molecule has 2 aromatic heterocycles. The average Bonchev–Trinajstić information content (AvgIpc) is 2.89. The molecule has 23 heavy (non-hydrogen) atoms. The molecule has 0 bridgehead atoms. The quantitative estimate of drug-likeness (QED) is 0.446. The Morgan fingerprint density at radius 3 is 2.78 bits per heavy atom. The highest BCUT2D eigenvalue weighted by molar-refractivity contribution is 7.99. The second kappa shape index (κ2) is 6.55. The summed E-state index contributed by atoms with van der Waals surface area (Å²) in [6.45, 7) is 1.98. The highest BCUT2D eigenvalue weighted by Crippen LogP contribution is 2.35. The van der Waals surface area contributed by atoms with Gasteiger partial charge in [0.05, 0.1) is 18.2 Å². The molecule has 1 N–H and O–H groups in total. The van der Waals surface area contributed by atoms with Gasteiger partial charge in [0.15, 0.2) is 5.16 Å². The zero-order chi connectivity index (χ0) is 16.4. The van der Waals surface area contributed by atoms with Crippen molar-refractivity contribution in [3.05, 3.63) is 45.6 Å². The van der Waals surface area contributed by atoms with Gasteiger partial charge < -0.3 is 9.72 Å². The van der Waals surface area contributed by atoms with Gasteiger partial charge in [-0.05, 0) is 12.5 Å². The van der Waals surface area contributed by atoms with Gasteiger partial charge in [-0.3, -0.25) is 9.59 Å². The van der Waals surface area contributed by atoms with E-state index < -0.39 is 0 Å². The first-order valence-corrected chi connectivity index (χ1v) is 8.69. The minimum Gasteiger partial charge on any atom is -0.468 e. The SMILES string of the molecule is COC(=O)CSc1nc2sc(C)c(-c3ccccc3)c2c(=O)[nH]1. The number of rotatable bonds is 4. The van der Waals surface area contributed by atoms with Gasteiger partial charge in [0.2, 0.25) is 0 Å². The third-order valence-electron chi connectivity index (χ3n) is 3.33. The summed E-state index contributed by atoms with van der Waals surface area (Å²) in [6.07, 6.45) is 0. The molecule has 3 rings (SSSR count). The molecule has 5 nitrogen and oxygen atoms in total. The Balaban J connectivity index is 2.07. The lowest BCUT2D eigenvalue weighted by Gasteiger charge is -2.02. The van der Waals surface area contributed by atoms with Gasteiger partial charge in [-0.1, -0.05) is 42.1 Å². The summed E-state index contributed by atoms with van der Waals surface area (Å²) < 4.78 is 4.59. The second-order valence-corrected chi connectivity index (χ2v) is 6.98. The molecule has 0 aliphatic rings. The van der Waals surface area contributed by atoms with E-state index in [0.717, 1.165) is 27.8 Å². The monoisotopic (exact) mass is 346 g/mol. The summed E-state index contributed by atoms with van der Waals surface area (Å²) in [7, 11) is 1.33. The number of carbonyl (C=O) groups excluding carboxylic acids is 1. The normalized spacial score (nSPS) is 10.9. The number of nitrogens with zero attached hydrogens (tertiary/aromatic N) is 1. The topological polar surface area (TPSA) is 72.0 Å². The van der Waals surface area contributed by atoms with E-state index in [9.17, 15) is 9.59 Å². The number of ether oxygens (including phenoxy) is 1. The van der Waals surface area contributed by atoms with Crippen LogP contribution in [0.3, 0.4) is 0 Å². The molecule has 0 radical (unpaired) electrons. The predicted molar refractivity (Wildman–Crippen MR) is 93.2 cm³/mol. The van der Waals surface area contributed by atoms with E-state index in [1.165, 1.54) is 18.4 Å². The molecule has 0 saturated heterocycles.